The largest absolute Gasteiger partial charge is 0.481 e. The number of aliphatic carboxylic acids is 1. The van der Waals surface area contributed by atoms with E-state index < -0.39 is 11.9 Å². The molecular weight excluding hydrogens is 252 g/mol. The first-order valence-electron chi connectivity index (χ1n) is 6.35. The fraction of sp³-hybridized carbons (Fsp3) is 0.188. The van der Waals surface area contributed by atoms with Crippen LogP contribution in [0.15, 0.2) is 36.4 Å². The van der Waals surface area contributed by atoms with Gasteiger partial charge in [0, 0.05) is 11.4 Å². The quantitative estimate of drug-likeness (QED) is 0.748. The monoisotopic (exact) mass is 270 g/mol. The number of carboxylic acid groups (broad SMARTS) is 1. The normalized spacial score (nSPS) is 10.8. The van der Waals surface area contributed by atoms with Gasteiger partial charge in [0.1, 0.15) is 5.92 Å². The fourth-order valence-electron chi connectivity index (χ4n) is 2.23. The zero-order valence-electron chi connectivity index (χ0n) is 11.6. The number of benzene rings is 2. The molecule has 0 saturated carbocycles. The van der Waals surface area contributed by atoms with Gasteiger partial charge in [0.15, 0.2) is 0 Å². The van der Waals surface area contributed by atoms with Crippen molar-refractivity contribution in [1.29, 1.82) is 0 Å². The van der Waals surface area contributed by atoms with E-state index in [0.717, 1.165) is 11.1 Å². The Hall–Kier alpha value is -2.49. The number of hydrogen-bond donors (Lipinski definition) is 3. The van der Waals surface area contributed by atoms with Gasteiger partial charge >= 0.3 is 5.97 Å². The van der Waals surface area contributed by atoms with Crippen LogP contribution >= 0.6 is 0 Å². The summed E-state index contributed by atoms with van der Waals surface area (Å²) in [6, 6.07) is 10.6. The Morgan fingerprint density at radius 1 is 0.950 bits per heavy atom. The average molecular weight is 270 g/mol. The molecule has 0 aliphatic heterocycles. The number of carboxylic acids is 1. The molecule has 0 bridgehead atoms. The van der Waals surface area contributed by atoms with Crippen LogP contribution in [0.4, 0.5) is 11.4 Å². The number of aryl methyl sites for hydroxylation is 2. The average Bonchev–Trinajstić information content (AvgIpc) is 2.38. The van der Waals surface area contributed by atoms with Crippen LogP contribution in [-0.4, -0.2) is 11.1 Å². The van der Waals surface area contributed by atoms with E-state index in [1.54, 1.807) is 24.3 Å². The lowest BCUT2D eigenvalue weighted by atomic mass is 9.89. The number of rotatable bonds is 3. The molecule has 0 unspecified atom stereocenters. The molecule has 104 valence electrons. The van der Waals surface area contributed by atoms with Gasteiger partial charge in [0.2, 0.25) is 0 Å². The molecule has 0 fully saturated rings. The molecule has 0 aliphatic rings. The van der Waals surface area contributed by atoms with Gasteiger partial charge in [-0.2, -0.15) is 0 Å². The SMILES string of the molecule is Cc1cc(C(C(=O)O)c2ccc(N)c(C)c2)ccc1N. The summed E-state index contributed by atoms with van der Waals surface area (Å²) in [6.07, 6.45) is 0. The standard InChI is InChI=1S/C16H18N2O2/c1-9-7-11(3-5-13(9)17)15(16(19)20)12-4-6-14(18)10(2)8-12/h3-8,15H,17-18H2,1-2H3,(H,19,20). The van der Waals surface area contributed by atoms with Gasteiger partial charge in [-0.05, 0) is 48.2 Å². The third kappa shape index (κ3) is 2.59. The summed E-state index contributed by atoms with van der Waals surface area (Å²) in [4.78, 5) is 11.6. The van der Waals surface area contributed by atoms with Crippen LogP contribution in [0.5, 0.6) is 0 Å². The lowest BCUT2D eigenvalue weighted by Crippen LogP contribution is -2.14. The van der Waals surface area contributed by atoms with Gasteiger partial charge in [-0.25, -0.2) is 0 Å². The van der Waals surface area contributed by atoms with Crippen molar-refractivity contribution in [1.82, 2.24) is 0 Å². The molecular formula is C16H18N2O2. The molecule has 0 amide bonds. The minimum Gasteiger partial charge on any atom is -0.481 e. The smallest absolute Gasteiger partial charge is 0.315 e. The summed E-state index contributed by atoms with van der Waals surface area (Å²) in [5.74, 6) is -1.60. The number of anilines is 2. The van der Waals surface area contributed by atoms with E-state index in [1.165, 1.54) is 0 Å². The van der Waals surface area contributed by atoms with Gasteiger partial charge in [0.05, 0.1) is 0 Å². The van der Waals surface area contributed by atoms with E-state index in [1.807, 2.05) is 26.0 Å². The summed E-state index contributed by atoms with van der Waals surface area (Å²) in [7, 11) is 0. The predicted octanol–water partition coefficient (Wildman–Crippen LogP) is 2.68. The molecule has 0 heterocycles. The molecule has 20 heavy (non-hydrogen) atoms. The number of hydrogen-bond acceptors (Lipinski definition) is 3. The van der Waals surface area contributed by atoms with Crippen molar-refractivity contribution < 1.29 is 9.90 Å². The van der Waals surface area contributed by atoms with E-state index in [4.69, 9.17) is 11.5 Å². The molecule has 0 saturated heterocycles. The highest BCUT2D eigenvalue weighted by molar-refractivity contribution is 5.81. The van der Waals surface area contributed by atoms with Crippen LogP contribution < -0.4 is 11.5 Å². The van der Waals surface area contributed by atoms with Crippen molar-refractivity contribution in [3.05, 3.63) is 58.7 Å². The molecule has 5 N–H and O–H groups in total. The predicted molar refractivity (Wildman–Crippen MR) is 80.7 cm³/mol. The van der Waals surface area contributed by atoms with E-state index in [0.29, 0.717) is 22.5 Å². The molecule has 2 rings (SSSR count). The Morgan fingerprint density at radius 2 is 1.35 bits per heavy atom. The van der Waals surface area contributed by atoms with Crippen molar-refractivity contribution in [2.75, 3.05) is 11.5 Å². The molecule has 0 aromatic heterocycles. The third-order valence-corrected chi connectivity index (χ3v) is 3.50. The van der Waals surface area contributed by atoms with Gasteiger partial charge in [-0.15, -0.1) is 0 Å². The fourth-order valence-corrected chi connectivity index (χ4v) is 2.23. The van der Waals surface area contributed by atoms with Gasteiger partial charge < -0.3 is 16.6 Å². The topological polar surface area (TPSA) is 89.3 Å². The maximum atomic E-state index is 11.6. The molecule has 0 aliphatic carbocycles. The number of nitrogens with two attached hydrogens (primary N) is 2. The summed E-state index contributed by atoms with van der Waals surface area (Å²) in [6.45, 7) is 3.73. The molecule has 4 heteroatoms. The van der Waals surface area contributed by atoms with Crippen LogP contribution in [0.1, 0.15) is 28.2 Å². The molecule has 2 aromatic carbocycles. The summed E-state index contributed by atoms with van der Waals surface area (Å²) in [5, 5.41) is 9.54. The molecule has 0 atom stereocenters. The first-order chi connectivity index (χ1) is 9.40. The molecule has 0 spiro atoms. The maximum absolute atomic E-state index is 11.6. The second-order valence-electron chi connectivity index (χ2n) is 5.00. The van der Waals surface area contributed by atoms with E-state index in [9.17, 15) is 9.90 Å². The minimum atomic E-state index is -0.890. The minimum absolute atomic E-state index is 0.659. The van der Waals surface area contributed by atoms with Crippen molar-refractivity contribution >= 4 is 17.3 Å². The Morgan fingerprint density at radius 3 is 1.65 bits per heavy atom. The highest BCUT2D eigenvalue weighted by Crippen LogP contribution is 2.29. The summed E-state index contributed by atoms with van der Waals surface area (Å²) >= 11 is 0. The van der Waals surface area contributed by atoms with E-state index in [-0.39, 0.29) is 0 Å². The van der Waals surface area contributed by atoms with Gasteiger partial charge in [-0.1, -0.05) is 24.3 Å². The Kier molecular flexibility index (Phi) is 3.66. The molecule has 4 nitrogen and oxygen atoms in total. The van der Waals surface area contributed by atoms with Crippen molar-refractivity contribution in [3.63, 3.8) is 0 Å². The Bertz CT molecular complexity index is 614. The Balaban J connectivity index is 2.53. The van der Waals surface area contributed by atoms with Crippen molar-refractivity contribution in [2.24, 2.45) is 0 Å². The first kappa shape index (κ1) is 13.9. The zero-order valence-corrected chi connectivity index (χ0v) is 11.6. The lowest BCUT2D eigenvalue weighted by Gasteiger charge is -2.16. The van der Waals surface area contributed by atoms with E-state index >= 15 is 0 Å². The highest BCUT2D eigenvalue weighted by Gasteiger charge is 2.22. The Labute approximate surface area is 118 Å². The van der Waals surface area contributed by atoms with Crippen LogP contribution in [-0.2, 0) is 4.79 Å². The van der Waals surface area contributed by atoms with Crippen molar-refractivity contribution in [3.8, 4) is 0 Å². The second-order valence-corrected chi connectivity index (χ2v) is 5.00. The van der Waals surface area contributed by atoms with Crippen LogP contribution in [0.3, 0.4) is 0 Å². The number of carbonyl (C=O) groups is 1. The van der Waals surface area contributed by atoms with E-state index in [2.05, 4.69) is 0 Å². The maximum Gasteiger partial charge on any atom is 0.315 e. The van der Waals surface area contributed by atoms with Gasteiger partial charge in [-0.3, -0.25) is 4.79 Å². The highest BCUT2D eigenvalue weighted by atomic mass is 16.4. The molecule has 2 aromatic rings. The lowest BCUT2D eigenvalue weighted by molar-refractivity contribution is -0.137. The first-order valence-corrected chi connectivity index (χ1v) is 6.35. The summed E-state index contributed by atoms with van der Waals surface area (Å²) in [5.41, 5.74) is 16.1. The second kappa shape index (κ2) is 5.25. The zero-order chi connectivity index (χ0) is 14.9. The van der Waals surface area contributed by atoms with Crippen LogP contribution in [0.25, 0.3) is 0 Å². The van der Waals surface area contributed by atoms with Gasteiger partial charge in [0.25, 0.3) is 0 Å². The number of nitrogen functional groups attached to an aromatic ring is 2. The van der Waals surface area contributed by atoms with Crippen LogP contribution in [0, 0.1) is 13.8 Å². The van der Waals surface area contributed by atoms with Crippen molar-refractivity contribution in [2.45, 2.75) is 19.8 Å². The van der Waals surface area contributed by atoms with Crippen LogP contribution in [0.2, 0.25) is 0 Å². The molecule has 0 radical (unpaired) electrons. The summed E-state index contributed by atoms with van der Waals surface area (Å²) < 4.78 is 0. The third-order valence-electron chi connectivity index (χ3n) is 3.50.